The van der Waals surface area contributed by atoms with Gasteiger partial charge in [0.1, 0.15) is 5.82 Å². The Balaban J connectivity index is 1.91. The number of nitrogen functional groups attached to an aromatic ring is 1. The molecule has 1 aliphatic heterocycles. The van der Waals surface area contributed by atoms with Crippen molar-refractivity contribution in [2.45, 2.75) is 18.9 Å². The maximum absolute atomic E-state index is 11.1. The summed E-state index contributed by atoms with van der Waals surface area (Å²) >= 11 is 0. The standard InChI is InChI=1S/C12H17N5O3/c13-15-11-4-2-9(17(19)20)12(14-11)16-5-7-1-3-10(18)8(7)6-16/h2,4,7-8,10,18H,1,3,5-6,13H2,(H,14,15). The molecule has 0 amide bonds. The van der Waals surface area contributed by atoms with Crippen LogP contribution in [-0.4, -0.2) is 34.2 Å². The third-order valence-electron chi connectivity index (χ3n) is 4.32. The van der Waals surface area contributed by atoms with E-state index >= 15 is 0 Å². The van der Waals surface area contributed by atoms with Crippen LogP contribution >= 0.6 is 0 Å². The number of pyridine rings is 1. The molecule has 0 bridgehead atoms. The van der Waals surface area contributed by atoms with E-state index in [0.29, 0.717) is 30.6 Å². The van der Waals surface area contributed by atoms with E-state index in [0.717, 1.165) is 12.8 Å². The number of nitrogens with one attached hydrogen (secondary N) is 1. The Morgan fingerprint density at radius 1 is 1.45 bits per heavy atom. The second kappa shape index (κ2) is 4.88. The minimum Gasteiger partial charge on any atom is -0.393 e. The first-order valence-corrected chi connectivity index (χ1v) is 6.65. The SMILES string of the molecule is NNc1ccc([N+](=O)[O-])c(N2CC3CCC(O)C3C2)n1. The smallest absolute Gasteiger partial charge is 0.311 e. The number of nitrogens with zero attached hydrogens (tertiary/aromatic N) is 3. The number of aliphatic hydroxyl groups excluding tert-OH is 1. The average Bonchev–Trinajstić information content (AvgIpc) is 3.00. The Bertz CT molecular complexity index is 538. The molecule has 1 aliphatic carbocycles. The molecule has 4 N–H and O–H groups in total. The molecule has 3 rings (SSSR count). The summed E-state index contributed by atoms with van der Waals surface area (Å²) in [5.74, 6) is 6.61. The number of nitrogens with two attached hydrogens (primary N) is 1. The Morgan fingerprint density at radius 2 is 2.25 bits per heavy atom. The molecule has 1 saturated carbocycles. The molecule has 1 saturated heterocycles. The first-order chi connectivity index (χ1) is 9.60. The van der Waals surface area contributed by atoms with Crippen molar-refractivity contribution in [1.29, 1.82) is 0 Å². The Kier molecular flexibility index (Phi) is 3.19. The highest BCUT2D eigenvalue weighted by atomic mass is 16.6. The lowest BCUT2D eigenvalue weighted by molar-refractivity contribution is -0.384. The summed E-state index contributed by atoms with van der Waals surface area (Å²) in [6.45, 7) is 1.30. The number of aromatic nitrogens is 1. The highest BCUT2D eigenvalue weighted by Crippen LogP contribution is 2.41. The second-order valence-electron chi connectivity index (χ2n) is 5.41. The van der Waals surface area contributed by atoms with Gasteiger partial charge in [0.05, 0.1) is 11.0 Å². The first kappa shape index (κ1) is 13.1. The fraction of sp³-hybridized carbons (Fsp3) is 0.583. The zero-order valence-corrected chi connectivity index (χ0v) is 10.9. The van der Waals surface area contributed by atoms with Crippen LogP contribution in [0.3, 0.4) is 0 Å². The lowest BCUT2D eigenvalue weighted by Gasteiger charge is -2.19. The van der Waals surface area contributed by atoms with E-state index in [1.807, 2.05) is 4.90 Å². The van der Waals surface area contributed by atoms with Crippen molar-refractivity contribution in [3.63, 3.8) is 0 Å². The lowest BCUT2D eigenvalue weighted by atomic mass is 10.00. The van der Waals surface area contributed by atoms with Crippen LogP contribution in [0, 0.1) is 22.0 Å². The summed E-state index contributed by atoms with van der Waals surface area (Å²) < 4.78 is 0. The van der Waals surface area contributed by atoms with Gasteiger partial charge in [-0.3, -0.25) is 10.1 Å². The predicted octanol–water partition coefficient (Wildman–Crippen LogP) is 0.482. The van der Waals surface area contributed by atoms with E-state index in [4.69, 9.17) is 5.84 Å². The zero-order chi connectivity index (χ0) is 14.3. The minimum absolute atomic E-state index is 0.0292. The van der Waals surface area contributed by atoms with E-state index in [1.165, 1.54) is 12.1 Å². The lowest BCUT2D eigenvalue weighted by Crippen LogP contribution is -2.26. The van der Waals surface area contributed by atoms with Crippen molar-refractivity contribution in [3.05, 3.63) is 22.2 Å². The van der Waals surface area contributed by atoms with Crippen molar-refractivity contribution >= 4 is 17.3 Å². The molecular weight excluding hydrogens is 262 g/mol. The quantitative estimate of drug-likeness (QED) is 0.418. The summed E-state index contributed by atoms with van der Waals surface area (Å²) in [6, 6.07) is 2.88. The van der Waals surface area contributed by atoms with Gasteiger partial charge in [-0.15, -0.1) is 0 Å². The van der Waals surface area contributed by atoms with Gasteiger partial charge in [-0.25, -0.2) is 10.8 Å². The van der Waals surface area contributed by atoms with Gasteiger partial charge in [-0.1, -0.05) is 0 Å². The van der Waals surface area contributed by atoms with E-state index in [2.05, 4.69) is 10.4 Å². The molecular formula is C12H17N5O3. The summed E-state index contributed by atoms with van der Waals surface area (Å²) in [5.41, 5.74) is 2.38. The van der Waals surface area contributed by atoms with Crippen molar-refractivity contribution in [3.8, 4) is 0 Å². The first-order valence-electron chi connectivity index (χ1n) is 6.65. The molecule has 1 aromatic rings. The molecule has 8 heteroatoms. The van der Waals surface area contributed by atoms with Gasteiger partial charge in [-0.2, -0.15) is 0 Å². The molecule has 3 unspecified atom stereocenters. The maximum atomic E-state index is 11.1. The molecule has 108 valence electrons. The van der Waals surface area contributed by atoms with Gasteiger partial charge < -0.3 is 15.4 Å². The highest BCUT2D eigenvalue weighted by molar-refractivity contribution is 5.62. The molecule has 0 radical (unpaired) electrons. The van der Waals surface area contributed by atoms with E-state index in [1.54, 1.807) is 0 Å². The van der Waals surface area contributed by atoms with E-state index in [-0.39, 0.29) is 17.7 Å². The van der Waals surface area contributed by atoms with Crippen LogP contribution in [0.4, 0.5) is 17.3 Å². The van der Waals surface area contributed by atoms with Crippen LogP contribution in [0.25, 0.3) is 0 Å². The number of hydrazine groups is 1. The minimum atomic E-state index is -0.437. The molecule has 2 fully saturated rings. The molecule has 2 aliphatic rings. The third-order valence-corrected chi connectivity index (χ3v) is 4.32. The van der Waals surface area contributed by atoms with Gasteiger partial charge in [0, 0.05) is 25.1 Å². The van der Waals surface area contributed by atoms with Crippen LogP contribution in [-0.2, 0) is 0 Å². The fourth-order valence-electron chi connectivity index (χ4n) is 3.31. The highest BCUT2D eigenvalue weighted by Gasteiger charge is 2.43. The molecule has 2 heterocycles. The van der Waals surface area contributed by atoms with Gasteiger partial charge in [0.2, 0.25) is 5.82 Å². The number of hydrogen-bond donors (Lipinski definition) is 3. The van der Waals surface area contributed by atoms with Gasteiger partial charge >= 0.3 is 5.69 Å². The molecule has 8 nitrogen and oxygen atoms in total. The number of fused-ring (bicyclic) bond motifs is 1. The molecule has 20 heavy (non-hydrogen) atoms. The van der Waals surface area contributed by atoms with Crippen molar-refractivity contribution in [2.24, 2.45) is 17.7 Å². The molecule has 3 atom stereocenters. The molecule has 1 aromatic heterocycles. The summed E-state index contributed by atoms with van der Waals surface area (Å²) in [7, 11) is 0. The van der Waals surface area contributed by atoms with Crippen LogP contribution in [0.2, 0.25) is 0 Å². The van der Waals surface area contributed by atoms with Gasteiger partial charge in [0.15, 0.2) is 0 Å². The van der Waals surface area contributed by atoms with Crippen molar-refractivity contribution in [2.75, 3.05) is 23.4 Å². The summed E-state index contributed by atoms with van der Waals surface area (Å²) in [6.07, 6.45) is 1.48. The van der Waals surface area contributed by atoms with Crippen LogP contribution in [0.1, 0.15) is 12.8 Å². The Morgan fingerprint density at radius 3 is 2.90 bits per heavy atom. The largest absolute Gasteiger partial charge is 0.393 e. The molecule has 0 aromatic carbocycles. The third kappa shape index (κ3) is 2.06. The normalized spacial score (nSPS) is 28.5. The summed E-state index contributed by atoms with van der Waals surface area (Å²) in [5, 5.41) is 21.1. The topological polar surface area (TPSA) is 118 Å². The number of aliphatic hydroxyl groups is 1. The van der Waals surface area contributed by atoms with E-state index < -0.39 is 4.92 Å². The number of rotatable bonds is 3. The monoisotopic (exact) mass is 279 g/mol. The summed E-state index contributed by atoms with van der Waals surface area (Å²) in [4.78, 5) is 16.8. The average molecular weight is 279 g/mol. The maximum Gasteiger partial charge on any atom is 0.311 e. The number of anilines is 2. The Labute approximate surface area is 115 Å². The van der Waals surface area contributed by atoms with Gasteiger partial charge in [-0.05, 0) is 24.8 Å². The van der Waals surface area contributed by atoms with E-state index in [9.17, 15) is 15.2 Å². The van der Waals surface area contributed by atoms with Crippen LogP contribution < -0.4 is 16.2 Å². The Hall–Kier alpha value is -1.93. The fourth-order valence-corrected chi connectivity index (χ4v) is 3.31. The zero-order valence-electron chi connectivity index (χ0n) is 10.9. The van der Waals surface area contributed by atoms with Gasteiger partial charge in [0.25, 0.3) is 0 Å². The second-order valence-corrected chi connectivity index (χ2v) is 5.41. The predicted molar refractivity (Wildman–Crippen MR) is 73.1 cm³/mol. The number of hydrogen-bond acceptors (Lipinski definition) is 7. The van der Waals surface area contributed by atoms with Crippen molar-refractivity contribution in [1.82, 2.24) is 4.98 Å². The van der Waals surface area contributed by atoms with Crippen LogP contribution in [0.5, 0.6) is 0 Å². The number of nitro groups is 1. The van der Waals surface area contributed by atoms with Crippen molar-refractivity contribution < 1.29 is 10.0 Å². The van der Waals surface area contributed by atoms with Crippen LogP contribution in [0.15, 0.2) is 12.1 Å². The molecule has 0 spiro atoms.